The quantitative estimate of drug-likeness (QED) is 0.242. The zero-order chi connectivity index (χ0) is 32.4. The van der Waals surface area contributed by atoms with Gasteiger partial charge in [0.05, 0.1) is 0 Å². The average Bonchev–Trinajstić information content (AvgIpc) is 2.59. The minimum absolute atomic E-state index is 0.131. The summed E-state index contributed by atoms with van der Waals surface area (Å²) in [5, 5.41) is 17.4. The Labute approximate surface area is 205 Å². The van der Waals surface area contributed by atoms with Gasteiger partial charge < -0.3 is 14.9 Å². The van der Waals surface area contributed by atoms with Crippen LogP contribution in [0.15, 0.2) is 12.2 Å². The van der Waals surface area contributed by atoms with Crippen molar-refractivity contribution in [2.45, 2.75) is 66.5 Å². The molecule has 4 bridgehead atoms. The Kier molecular flexibility index (Phi) is 5.56. The molecule has 4 aliphatic carbocycles. The van der Waals surface area contributed by atoms with Crippen LogP contribution >= 0.6 is 0 Å². The molecule has 232 valence electrons. The molecule has 0 aliphatic heterocycles. The van der Waals surface area contributed by atoms with Crippen LogP contribution in [0.5, 0.6) is 0 Å². The molecule has 40 heavy (non-hydrogen) atoms. The van der Waals surface area contributed by atoms with E-state index in [0.717, 1.165) is 0 Å². The lowest BCUT2D eigenvalue weighted by atomic mass is 9.28. The fourth-order valence-corrected chi connectivity index (χ4v) is 5.95. The van der Waals surface area contributed by atoms with Crippen LogP contribution in [-0.2, 0) is 9.53 Å². The van der Waals surface area contributed by atoms with Gasteiger partial charge in [0.25, 0.3) is 22.2 Å². The van der Waals surface area contributed by atoms with Gasteiger partial charge in [0.15, 0.2) is 0 Å². The minimum Gasteiger partial charge on any atom is -0.396 e. The summed E-state index contributed by atoms with van der Waals surface area (Å²) in [6.45, 7) is 2.49. The summed E-state index contributed by atoms with van der Waals surface area (Å²) in [5.74, 6) is -56.8. The Bertz CT molecular complexity index is 1120. The first-order valence-electron chi connectivity index (χ1n) is 9.50. The predicted molar refractivity (Wildman–Crippen MR) is 81.0 cm³/mol. The molecular formula is C17H7F19O4. The van der Waals surface area contributed by atoms with Crippen LogP contribution in [0, 0.1) is 16.2 Å². The van der Waals surface area contributed by atoms with E-state index in [2.05, 4.69) is 11.3 Å². The lowest BCUT2D eigenvalue weighted by molar-refractivity contribution is -0.688. The zero-order valence-corrected chi connectivity index (χ0v) is 18.1. The second kappa shape index (κ2) is 6.88. The first kappa shape index (κ1) is 32.3. The molecule has 0 aromatic rings. The molecule has 0 heterocycles. The maximum atomic E-state index is 15.4. The Morgan fingerprint density at radius 3 is 1.07 bits per heavy atom. The molecule has 0 aromatic carbocycles. The van der Waals surface area contributed by atoms with Crippen LogP contribution in [0.3, 0.4) is 0 Å². The monoisotopic (exact) mass is 636 g/mol. The minimum atomic E-state index is -9.02. The predicted octanol–water partition coefficient (Wildman–Crippen LogP) is 5.39. The lowest BCUT2D eigenvalue weighted by Crippen LogP contribution is -3.09. The number of esters is 1. The number of aliphatic hydroxyl groups is 2. The number of hydrogen-bond acceptors (Lipinski definition) is 4. The van der Waals surface area contributed by atoms with E-state index in [0.29, 0.717) is 0 Å². The maximum Gasteiger partial charge on any atom is 0.423 e. The molecular weight excluding hydrogens is 629 g/mol. The smallest absolute Gasteiger partial charge is 0.396 e. The molecule has 4 rings (SSSR count). The van der Waals surface area contributed by atoms with E-state index in [4.69, 9.17) is 10.2 Å². The topological polar surface area (TPSA) is 66.8 Å². The van der Waals surface area contributed by atoms with Crippen molar-refractivity contribution in [2.75, 3.05) is 0 Å². The number of hydrogen-bond donors (Lipinski definition) is 2. The molecule has 2 unspecified atom stereocenters. The Morgan fingerprint density at radius 2 is 0.825 bits per heavy atom. The first-order chi connectivity index (χ1) is 17.1. The fourth-order valence-electron chi connectivity index (χ4n) is 5.95. The van der Waals surface area contributed by atoms with Crippen LogP contribution in [0.25, 0.3) is 0 Å². The molecule has 2 N–H and O–H groups in total. The Balaban J connectivity index is 2.94. The standard InChI is InChI=1S/C17H7F19O4/c1-3(2)4(37)40-17(35,36)7-10(21,22)5(15(31,32)38)9(19,20)6(11(7,23)24,16(33,34)39)13(27,28)8(18,12(5,25)26)14(7,29)30/h38-39H,1H2,2H3. The molecule has 0 radical (unpaired) electrons. The first-order valence-corrected chi connectivity index (χ1v) is 9.50. The highest BCUT2D eigenvalue weighted by Crippen LogP contribution is 2.98. The van der Waals surface area contributed by atoms with Crippen molar-refractivity contribution in [1.29, 1.82) is 0 Å². The van der Waals surface area contributed by atoms with Gasteiger partial charge in [-0.25, -0.2) is 61.9 Å². The number of halogens is 19. The normalized spacial score (nSPS) is 40.0. The van der Waals surface area contributed by atoms with Crippen molar-refractivity contribution in [2.24, 2.45) is 16.2 Å². The van der Waals surface area contributed by atoms with Crippen molar-refractivity contribution in [3.8, 4) is 0 Å². The number of alkyl halides is 19. The molecule has 0 amide bonds. The molecule has 0 saturated heterocycles. The van der Waals surface area contributed by atoms with Gasteiger partial charge in [0, 0.05) is 5.57 Å². The number of rotatable bonds is 5. The molecule has 23 heteroatoms. The van der Waals surface area contributed by atoms with Crippen LogP contribution in [0.2, 0.25) is 0 Å². The van der Waals surface area contributed by atoms with E-state index >= 15 is 48.3 Å². The SMILES string of the molecule is C=C(C)C(=O)OC(F)(F)C12C(F)(F)C3(F)C(F)(F)C(C(O)(F)F)(C(F)(F)C(C(O)(F)F)(C3(F)F)C1(F)F)C2(F)F. The third-order valence-corrected chi connectivity index (χ3v) is 7.44. The van der Waals surface area contributed by atoms with Gasteiger partial charge in [-0.15, -0.1) is 0 Å². The molecule has 0 aromatic heterocycles. The third kappa shape index (κ3) is 2.16. The van der Waals surface area contributed by atoms with Gasteiger partial charge in [-0.05, 0) is 6.92 Å². The number of carbonyl (C=O) groups excluding carboxylic acids is 1. The highest BCUT2D eigenvalue weighted by molar-refractivity contribution is 5.87. The number of carbonyl (C=O) groups is 1. The molecule has 4 fully saturated rings. The van der Waals surface area contributed by atoms with Gasteiger partial charge in [-0.3, -0.25) is 0 Å². The van der Waals surface area contributed by atoms with E-state index in [1.54, 1.807) is 0 Å². The van der Waals surface area contributed by atoms with E-state index < -0.39 is 87.3 Å². The van der Waals surface area contributed by atoms with Gasteiger partial charge >= 0.3 is 59.6 Å². The maximum absolute atomic E-state index is 15.4. The van der Waals surface area contributed by atoms with Crippen LogP contribution < -0.4 is 0 Å². The summed E-state index contributed by atoms with van der Waals surface area (Å²) in [6.07, 6.45) is -24.8. The second-order valence-corrected chi connectivity index (χ2v) is 9.12. The van der Waals surface area contributed by atoms with Crippen LogP contribution in [0.1, 0.15) is 6.92 Å². The van der Waals surface area contributed by atoms with E-state index in [1.165, 1.54) is 0 Å². The lowest BCUT2D eigenvalue weighted by Gasteiger charge is -2.79. The Morgan fingerprint density at radius 1 is 0.575 bits per heavy atom. The van der Waals surface area contributed by atoms with Gasteiger partial charge in [0.2, 0.25) is 0 Å². The van der Waals surface area contributed by atoms with Crippen molar-refractivity contribution >= 4 is 5.97 Å². The third-order valence-electron chi connectivity index (χ3n) is 7.44. The van der Waals surface area contributed by atoms with Crippen LogP contribution in [0.4, 0.5) is 83.4 Å². The summed E-state index contributed by atoms with van der Waals surface area (Å²) in [5.41, 5.74) is -37.1. The highest BCUT2D eigenvalue weighted by Gasteiger charge is 3.28. The van der Waals surface area contributed by atoms with E-state index in [9.17, 15) is 39.9 Å². The zero-order valence-electron chi connectivity index (χ0n) is 18.1. The van der Waals surface area contributed by atoms with Gasteiger partial charge in [-0.2, -0.15) is 26.3 Å². The summed E-state index contributed by atoms with van der Waals surface area (Å²) >= 11 is 0. The molecule has 0 spiro atoms. The van der Waals surface area contributed by atoms with Gasteiger partial charge in [0.1, 0.15) is 0 Å². The second-order valence-electron chi connectivity index (χ2n) is 9.12. The van der Waals surface area contributed by atoms with Crippen molar-refractivity contribution in [3.63, 3.8) is 0 Å². The molecule has 2 atom stereocenters. The summed E-state index contributed by atoms with van der Waals surface area (Å²) in [6, 6.07) is 0. The van der Waals surface area contributed by atoms with E-state index in [1.807, 2.05) is 0 Å². The van der Waals surface area contributed by atoms with E-state index in [-0.39, 0.29) is 6.92 Å². The summed E-state index contributed by atoms with van der Waals surface area (Å²) < 4.78 is 286. The van der Waals surface area contributed by atoms with Crippen molar-refractivity contribution in [3.05, 3.63) is 12.2 Å². The van der Waals surface area contributed by atoms with Crippen molar-refractivity contribution < 1.29 is 103 Å². The molecule has 4 nitrogen and oxygen atoms in total. The fraction of sp³-hybridized carbons (Fsp3) is 0.824. The largest absolute Gasteiger partial charge is 0.423 e. The Hall–Kier alpha value is -2.20. The highest BCUT2D eigenvalue weighted by atomic mass is 19.3. The van der Waals surface area contributed by atoms with Crippen molar-refractivity contribution in [1.82, 2.24) is 0 Å². The van der Waals surface area contributed by atoms with Crippen LogP contribution in [-0.4, -0.2) is 75.7 Å². The summed E-state index contributed by atoms with van der Waals surface area (Å²) in [4.78, 5) is 11.4. The van der Waals surface area contributed by atoms with Gasteiger partial charge in [-0.1, -0.05) is 6.58 Å². The average molecular weight is 636 g/mol. The molecule has 4 saturated carbocycles. The molecule has 4 aliphatic rings. The summed E-state index contributed by atoms with van der Waals surface area (Å²) in [7, 11) is 0. The number of ether oxygens (including phenoxy) is 1.